The topological polar surface area (TPSA) is 12.9 Å². The molecule has 0 spiro atoms. The Bertz CT molecular complexity index is 518. The largest absolute Gasteiger partial charge is 0.254 e. The molecule has 1 heterocycles. The molecule has 0 amide bonds. The second kappa shape index (κ2) is 3.91. The van der Waals surface area contributed by atoms with E-state index in [1.165, 1.54) is 24.0 Å². The van der Waals surface area contributed by atoms with Crippen LogP contribution in [0.25, 0.3) is 11.1 Å². The molecule has 3 rings (SSSR count). The van der Waals surface area contributed by atoms with Crippen molar-refractivity contribution in [1.82, 2.24) is 4.98 Å². The van der Waals surface area contributed by atoms with E-state index in [2.05, 4.69) is 17.2 Å². The average Bonchev–Trinajstić information content (AvgIpc) is 3.14. The number of hydrogen-bond donors (Lipinski definition) is 0. The normalized spacial score (nSPS) is 15.1. The van der Waals surface area contributed by atoms with Crippen LogP contribution in [0.2, 0.25) is 5.02 Å². The highest BCUT2D eigenvalue weighted by Crippen LogP contribution is 2.44. The molecule has 1 nitrogen and oxygen atoms in total. The van der Waals surface area contributed by atoms with E-state index >= 15 is 0 Å². The van der Waals surface area contributed by atoms with E-state index in [9.17, 15) is 0 Å². The van der Waals surface area contributed by atoms with Crippen LogP contribution in [-0.4, -0.2) is 4.98 Å². The van der Waals surface area contributed by atoms with E-state index in [0.717, 1.165) is 10.6 Å². The van der Waals surface area contributed by atoms with Gasteiger partial charge in [0.2, 0.25) is 0 Å². The van der Waals surface area contributed by atoms with Crippen LogP contribution in [0, 0.1) is 6.20 Å². The van der Waals surface area contributed by atoms with Crippen molar-refractivity contribution in [3.05, 3.63) is 53.3 Å². The van der Waals surface area contributed by atoms with Crippen molar-refractivity contribution in [2.24, 2.45) is 0 Å². The Balaban J connectivity index is 2.15. The second-order valence-electron chi connectivity index (χ2n) is 4.14. The summed E-state index contributed by atoms with van der Waals surface area (Å²) in [6.45, 7) is 0. The maximum Gasteiger partial charge on any atom is 0.0930 e. The first-order valence-electron chi connectivity index (χ1n) is 5.48. The van der Waals surface area contributed by atoms with Crippen LogP contribution in [0.3, 0.4) is 0 Å². The highest BCUT2D eigenvalue weighted by Gasteiger charge is 2.27. The van der Waals surface area contributed by atoms with Crippen LogP contribution in [-0.2, 0) is 0 Å². The molecule has 1 radical (unpaired) electrons. The standard InChI is InChI=1S/C14H11ClN/c15-14-4-2-1-3-12(14)11-7-8-16-9-13(11)10-5-6-10/h1-4,7-8,10H,5-6H2. The van der Waals surface area contributed by atoms with Crippen molar-refractivity contribution < 1.29 is 0 Å². The number of rotatable bonds is 2. The Labute approximate surface area is 100 Å². The molecular weight excluding hydrogens is 218 g/mol. The van der Waals surface area contributed by atoms with Crippen LogP contribution in [0.15, 0.2) is 36.5 Å². The van der Waals surface area contributed by atoms with Crippen LogP contribution >= 0.6 is 11.6 Å². The third kappa shape index (κ3) is 1.72. The van der Waals surface area contributed by atoms with E-state index in [0.29, 0.717) is 5.92 Å². The number of pyridine rings is 1. The molecule has 1 aliphatic rings. The molecule has 1 aromatic carbocycles. The first kappa shape index (κ1) is 9.86. The molecule has 0 atom stereocenters. The van der Waals surface area contributed by atoms with Gasteiger partial charge in [0.1, 0.15) is 0 Å². The molecule has 1 aromatic heterocycles. The summed E-state index contributed by atoms with van der Waals surface area (Å²) in [4.78, 5) is 4.09. The summed E-state index contributed by atoms with van der Waals surface area (Å²) >= 11 is 6.22. The van der Waals surface area contributed by atoms with E-state index in [4.69, 9.17) is 11.6 Å². The van der Waals surface area contributed by atoms with Crippen molar-refractivity contribution in [2.75, 3.05) is 0 Å². The highest BCUT2D eigenvalue weighted by molar-refractivity contribution is 6.33. The van der Waals surface area contributed by atoms with Gasteiger partial charge in [-0.25, -0.2) is 0 Å². The van der Waals surface area contributed by atoms with E-state index in [1.807, 2.05) is 24.3 Å². The van der Waals surface area contributed by atoms with Gasteiger partial charge in [0, 0.05) is 16.8 Å². The molecule has 79 valence electrons. The Morgan fingerprint density at radius 3 is 2.69 bits per heavy atom. The monoisotopic (exact) mass is 228 g/mol. The average molecular weight is 229 g/mol. The Kier molecular flexibility index (Phi) is 2.41. The van der Waals surface area contributed by atoms with Gasteiger partial charge in [-0.15, -0.1) is 0 Å². The summed E-state index contributed by atoms with van der Waals surface area (Å²) in [6.07, 6.45) is 7.40. The lowest BCUT2D eigenvalue weighted by Gasteiger charge is -2.08. The Morgan fingerprint density at radius 1 is 1.12 bits per heavy atom. The van der Waals surface area contributed by atoms with E-state index < -0.39 is 0 Å². The zero-order chi connectivity index (χ0) is 11.0. The number of hydrogen-bond acceptors (Lipinski definition) is 1. The van der Waals surface area contributed by atoms with Gasteiger partial charge in [-0.05, 0) is 42.0 Å². The van der Waals surface area contributed by atoms with Crippen molar-refractivity contribution >= 4 is 11.6 Å². The fraction of sp³-hybridized carbons (Fsp3) is 0.214. The van der Waals surface area contributed by atoms with Gasteiger partial charge < -0.3 is 0 Å². The SMILES string of the molecule is Clc1ccccc1-c1ccn[c]c1C1CC1. The molecule has 0 aliphatic heterocycles. The van der Waals surface area contributed by atoms with Crippen LogP contribution in [0.4, 0.5) is 0 Å². The fourth-order valence-electron chi connectivity index (χ4n) is 1.97. The van der Waals surface area contributed by atoms with Crippen LogP contribution in [0.5, 0.6) is 0 Å². The molecule has 0 N–H and O–H groups in total. The Hall–Kier alpha value is -1.34. The quantitative estimate of drug-likeness (QED) is 0.755. The minimum absolute atomic E-state index is 0.639. The Morgan fingerprint density at radius 2 is 1.94 bits per heavy atom. The zero-order valence-electron chi connectivity index (χ0n) is 8.78. The first-order chi connectivity index (χ1) is 7.86. The summed E-state index contributed by atoms with van der Waals surface area (Å²) in [5, 5.41) is 0.795. The predicted molar refractivity (Wildman–Crippen MR) is 65.5 cm³/mol. The molecule has 0 bridgehead atoms. The summed E-state index contributed by atoms with van der Waals surface area (Å²) < 4.78 is 0. The van der Waals surface area contributed by atoms with Gasteiger partial charge in [0.25, 0.3) is 0 Å². The fourth-order valence-corrected chi connectivity index (χ4v) is 2.20. The van der Waals surface area contributed by atoms with Crippen molar-refractivity contribution in [2.45, 2.75) is 18.8 Å². The molecule has 1 saturated carbocycles. The summed E-state index contributed by atoms with van der Waals surface area (Å²) in [6, 6.07) is 9.97. The molecular formula is C14H11ClN. The molecule has 2 heteroatoms. The molecule has 2 aromatic rings. The third-order valence-corrected chi connectivity index (χ3v) is 3.27. The lowest BCUT2D eigenvalue weighted by atomic mass is 9.99. The minimum Gasteiger partial charge on any atom is -0.254 e. The maximum absolute atomic E-state index is 6.22. The number of benzene rings is 1. The summed E-state index contributed by atoms with van der Waals surface area (Å²) in [5.41, 5.74) is 3.49. The van der Waals surface area contributed by atoms with Gasteiger partial charge in [-0.1, -0.05) is 29.8 Å². The summed E-state index contributed by atoms with van der Waals surface area (Å²) in [7, 11) is 0. The molecule has 1 fully saturated rings. The van der Waals surface area contributed by atoms with Gasteiger partial charge >= 0.3 is 0 Å². The van der Waals surface area contributed by atoms with Gasteiger partial charge in [0.15, 0.2) is 0 Å². The highest BCUT2D eigenvalue weighted by atomic mass is 35.5. The zero-order valence-corrected chi connectivity index (χ0v) is 9.54. The predicted octanol–water partition coefficient (Wildman–Crippen LogP) is 4.08. The van der Waals surface area contributed by atoms with E-state index in [1.54, 1.807) is 6.20 Å². The molecule has 16 heavy (non-hydrogen) atoms. The van der Waals surface area contributed by atoms with Crippen molar-refractivity contribution in [3.63, 3.8) is 0 Å². The third-order valence-electron chi connectivity index (χ3n) is 2.94. The molecule has 1 aliphatic carbocycles. The smallest absolute Gasteiger partial charge is 0.0930 e. The van der Waals surface area contributed by atoms with Crippen molar-refractivity contribution in [3.8, 4) is 11.1 Å². The van der Waals surface area contributed by atoms with Crippen LogP contribution in [0.1, 0.15) is 24.3 Å². The molecule has 0 unspecified atom stereocenters. The number of nitrogens with zero attached hydrogens (tertiary/aromatic N) is 1. The van der Waals surface area contributed by atoms with Crippen LogP contribution < -0.4 is 0 Å². The van der Waals surface area contributed by atoms with Crippen molar-refractivity contribution in [1.29, 1.82) is 0 Å². The minimum atomic E-state index is 0.639. The number of halogens is 1. The van der Waals surface area contributed by atoms with Gasteiger partial charge in [-0.2, -0.15) is 0 Å². The molecule has 0 saturated heterocycles. The van der Waals surface area contributed by atoms with Gasteiger partial charge in [0.05, 0.1) is 6.20 Å². The second-order valence-corrected chi connectivity index (χ2v) is 4.55. The lowest BCUT2D eigenvalue weighted by Crippen LogP contribution is -1.89. The van der Waals surface area contributed by atoms with E-state index in [-0.39, 0.29) is 0 Å². The number of aromatic nitrogens is 1. The first-order valence-corrected chi connectivity index (χ1v) is 5.85. The maximum atomic E-state index is 6.22. The summed E-state index contributed by atoms with van der Waals surface area (Å²) in [5.74, 6) is 0.639. The lowest BCUT2D eigenvalue weighted by molar-refractivity contribution is 1.09. The van der Waals surface area contributed by atoms with Gasteiger partial charge in [-0.3, -0.25) is 4.98 Å².